The summed E-state index contributed by atoms with van der Waals surface area (Å²) < 4.78 is 5.04. The van der Waals surface area contributed by atoms with Crippen molar-refractivity contribution in [3.8, 4) is 5.75 Å². The second kappa shape index (κ2) is 10.2. The average Bonchev–Trinajstić information content (AvgIpc) is 2.68. The molecule has 26 heavy (non-hydrogen) atoms. The largest absolute Gasteiger partial charge is 0.497 e. The topological polar surface area (TPSA) is 79.8 Å². The van der Waals surface area contributed by atoms with Crippen molar-refractivity contribution in [2.75, 3.05) is 19.9 Å². The van der Waals surface area contributed by atoms with Crippen molar-refractivity contribution in [3.05, 3.63) is 59.7 Å². The molecule has 0 aromatic heterocycles. The van der Waals surface area contributed by atoms with Gasteiger partial charge in [-0.25, -0.2) is 5.43 Å². The van der Waals surface area contributed by atoms with Crippen LogP contribution in [0, 0.1) is 0 Å². The lowest BCUT2D eigenvalue weighted by Gasteiger charge is -2.05. The van der Waals surface area contributed by atoms with Crippen molar-refractivity contribution in [1.82, 2.24) is 10.7 Å². The maximum absolute atomic E-state index is 12.0. The summed E-state index contributed by atoms with van der Waals surface area (Å²) >= 11 is 1.66. The standard InChI is InChI=1S/C19H21N3O3S/c1-25-16-7-5-15(6-8-16)19(24)20-12-11-18(23)22-21-13-14-3-9-17(26-2)10-4-14/h3-10,13H,11-12H2,1-2H3,(H,20,24)(H,22,23). The molecular formula is C19H21N3O3S. The molecule has 0 saturated carbocycles. The second-order valence-corrected chi connectivity index (χ2v) is 6.18. The van der Waals surface area contributed by atoms with E-state index in [0.717, 1.165) is 5.56 Å². The lowest BCUT2D eigenvalue weighted by molar-refractivity contribution is -0.120. The first-order valence-electron chi connectivity index (χ1n) is 8.00. The number of nitrogens with zero attached hydrogens (tertiary/aromatic N) is 1. The van der Waals surface area contributed by atoms with Crippen LogP contribution in [0.5, 0.6) is 5.75 Å². The van der Waals surface area contributed by atoms with Crippen molar-refractivity contribution in [2.45, 2.75) is 11.3 Å². The van der Waals surface area contributed by atoms with E-state index in [9.17, 15) is 9.59 Å². The van der Waals surface area contributed by atoms with Gasteiger partial charge in [0.15, 0.2) is 0 Å². The first kappa shape index (κ1) is 19.5. The van der Waals surface area contributed by atoms with Crippen LogP contribution in [0.4, 0.5) is 0 Å². The molecule has 136 valence electrons. The maximum atomic E-state index is 12.0. The smallest absolute Gasteiger partial charge is 0.251 e. The lowest BCUT2D eigenvalue weighted by Crippen LogP contribution is -2.29. The van der Waals surface area contributed by atoms with Gasteiger partial charge >= 0.3 is 0 Å². The van der Waals surface area contributed by atoms with Crippen LogP contribution in [-0.4, -0.2) is 37.9 Å². The third-order valence-corrected chi connectivity index (χ3v) is 4.25. The molecular weight excluding hydrogens is 350 g/mol. The summed E-state index contributed by atoms with van der Waals surface area (Å²) in [5.41, 5.74) is 3.86. The Morgan fingerprint density at radius 2 is 1.81 bits per heavy atom. The number of amides is 2. The number of ether oxygens (including phenoxy) is 1. The Bertz CT molecular complexity index is 759. The number of carbonyl (C=O) groups is 2. The zero-order valence-corrected chi connectivity index (χ0v) is 15.5. The summed E-state index contributed by atoms with van der Waals surface area (Å²) in [4.78, 5) is 24.9. The van der Waals surface area contributed by atoms with Crippen molar-refractivity contribution in [2.24, 2.45) is 5.10 Å². The van der Waals surface area contributed by atoms with Crippen LogP contribution in [0.25, 0.3) is 0 Å². The number of carbonyl (C=O) groups excluding carboxylic acids is 2. The predicted molar refractivity (Wildman–Crippen MR) is 104 cm³/mol. The summed E-state index contributed by atoms with van der Waals surface area (Å²) in [6, 6.07) is 14.6. The highest BCUT2D eigenvalue weighted by Crippen LogP contribution is 2.14. The fourth-order valence-electron chi connectivity index (χ4n) is 2.06. The number of hydrogen-bond donors (Lipinski definition) is 2. The van der Waals surface area contributed by atoms with Crippen LogP contribution in [0.2, 0.25) is 0 Å². The Morgan fingerprint density at radius 1 is 1.12 bits per heavy atom. The van der Waals surface area contributed by atoms with Crippen molar-refractivity contribution < 1.29 is 14.3 Å². The summed E-state index contributed by atoms with van der Waals surface area (Å²) in [6.45, 7) is 0.231. The van der Waals surface area contributed by atoms with Crippen molar-refractivity contribution >= 4 is 29.8 Å². The molecule has 0 fully saturated rings. The Kier molecular flexibility index (Phi) is 7.70. The van der Waals surface area contributed by atoms with Gasteiger partial charge in [0.2, 0.25) is 5.91 Å². The second-order valence-electron chi connectivity index (χ2n) is 5.30. The monoisotopic (exact) mass is 371 g/mol. The van der Waals surface area contributed by atoms with Gasteiger partial charge < -0.3 is 10.1 Å². The van der Waals surface area contributed by atoms with Crippen LogP contribution in [0.3, 0.4) is 0 Å². The molecule has 7 heteroatoms. The number of thioether (sulfide) groups is 1. The molecule has 2 aromatic carbocycles. The highest BCUT2D eigenvalue weighted by Gasteiger charge is 2.06. The average molecular weight is 371 g/mol. The SMILES string of the molecule is COc1ccc(C(=O)NCCC(=O)NN=Cc2ccc(SC)cc2)cc1. The van der Waals surface area contributed by atoms with E-state index in [1.807, 2.05) is 30.5 Å². The summed E-state index contributed by atoms with van der Waals surface area (Å²) in [7, 11) is 1.56. The zero-order chi connectivity index (χ0) is 18.8. The summed E-state index contributed by atoms with van der Waals surface area (Å²) in [5.74, 6) is 0.178. The Hall–Kier alpha value is -2.80. The maximum Gasteiger partial charge on any atom is 0.251 e. The van der Waals surface area contributed by atoms with E-state index in [2.05, 4.69) is 15.8 Å². The number of hydrogen-bond acceptors (Lipinski definition) is 5. The minimum Gasteiger partial charge on any atom is -0.497 e. The number of hydrazone groups is 1. The van der Waals surface area contributed by atoms with Crippen LogP contribution >= 0.6 is 11.8 Å². The molecule has 0 spiro atoms. The molecule has 0 heterocycles. The predicted octanol–water partition coefficient (Wildman–Crippen LogP) is 2.69. The molecule has 6 nitrogen and oxygen atoms in total. The third-order valence-electron chi connectivity index (χ3n) is 3.51. The normalized spacial score (nSPS) is 10.5. The van der Waals surface area contributed by atoms with E-state index < -0.39 is 0 Å². The van der Waals surface area contributed by atoms with Gasteiger partial charge in [0.1, 0.15) is 5.75 Å². The number of methoxy groups -OCH3 is 1. The van der Waals surface area contributed by atoms with Crippen LogP contribution < -0.4 is 15.5 Å². The van der Waals surface area contributed by atoms with Crippen LogP contribution in [0.15, 0.2) is 58.5 Å². The minimum absolute atomic E-state index is 0.143. The minimum atomic E-state index is -0.267. The summed E-state index contributed by atoms with van der Waals surface area (Å²) in [6.07, 6.45) is 3.74. The van der Waals surface area contributed by atoms with Crippen molar-refractivity contribution in [3.63, 3.8) is 0 Å². The first-order valence-corrected chi connectivity index (χ1v) is 9.23. The van der Waals surface area contributed by atoms with Gasteiger partial charge in [0, 0.05) is 23.4 Å². The van der Waals surface area contributed by atoms with Crippen LogP contribution in [-0.2, 0) is 4.79 Å². The molecule has 0 radical (unpaired) electrons. The molecule has 0 saturated heterocycles. The highest BCUT2D eigenvalue weighted by atomic mass is 32.2. The van der Waals surface area contributed by atoms with Crippen LogP contribution in [0.1, 0.15) is 22.3 Å². The van der Waals surface area contributed by atoms with E-state index in [-0.39, 0.29) is 24.8 Å². The molecule has 0 unspecified atom stereocenters. The fraction of sp³-hybridized carbons (Fsp3) is 0.211. The van der Waals surface area contributed by atoms with Gasteiger partial charge in [-0.05, 0) is 48.2 Å². The van der Waals surface area contributed by atoms with Gasteiger partial charge in [-0.3, -0.25) is 9.59 Å². The van der Waals surface area contributed by atoms with Gasteiger partial charge in [-0.1, -0.05) is 12.1 Å². The van der Waals surface area contributed by atoms with E-state index in [4.69, 9.17) is 4.74 Å². The molecule has 0 aliphatic rings. The Balaban J connectivity index is 1.70. The number of nitrogens with one attached hydrogen (secondary N) is 2. The van der Waals surface area contributed by atoms with E-state index >= 15 is 0 Å². The van der Waals surface area contributed by atoms with Gasteiger partial charge in [-0.2, -0.15) is 5.10 Å². The molecule has 0 bridgehead atoms. The number of rotatable bonds is 8. The Labute approximate surface area is 157 Å². The molecule has 0 aliphatic heterocycles. The molecule has 2 amide bonds. The van der Waals surface area contributed by atoms with Gasteiger partial charge in [0.25, 0.3) is 5.91 Å². The van der Waals surface area contributed by atoms with E-state index in [1.54, 1.807) is 49.4 Å². The molecule has 2 aromatic rings. The van der Waals surface area contributed by atoms with Gasteiger partial charge in [0.05, 0.1) is 13.3 Å². The van der Waals surface area contributed by atoms with E-state index in [1.165, 1.54) is 4.90 Å². The summed E-state index contributed by atoms with van der Waals surface area (Å²) in [5, 5.41) is 6.61. The molecule has 2 N–H and O–H groups in total. The molecule has 0 atom stereocenters. The first-order chi connectivity index (χ1) is 12.6. The van der Waals surface area contributed by atoms with E-state index in [0.29, 0.717) is 11.3 Å². The molecule has 0 aliphatic carbocycles. The Morgan fingerprint density at radius 3 is 2.42 bits per heavy atom. The number of benzene rings is 2. The van der Waals surface area contributed by atoms with Gasteiger partial charge in [-0.15, -0.1) is 11.8 Å². The zero-order valence-electron chi connectivity index (χ0n) is 14.7. The lowest BCUT2D eigenvalue weighted by atomic mass is 10.2. The fourth-order valence-corrected chi connectivity index (χ4v) is 2.47. The molecule has 2 rings (SSSR count). The van der Waals surface area contributed by atoms with Crippen molar-refractivity contribution in [1.29, 1.82) is 0 Å². The highest BCUT2D eigenvalue weighted by molar-refractivity contribution is 7.98. The quantitative estimate of drug-likeness (QED) is 0.425. The third kappa shape index (κ3) is 6.25.